The lowest BCUT2D eigenvalue weighted by molar-refractivity contribution is 0.112. The standard InChI is InChI=1S/C17H15FN2O/c1-3-17-19-14-8-7-13(18)9-16(14)20(17)15-6-4-5-12(10-21)11(15)2/h4-10H,3H2,1-2H3. The maximum Gasteiger partial charge on any atom is 0.150 e. The van der Waals surface area contributed by atoms with E-state index in [9.17, 15) is 9.18 Å². The van der Waals surface area contributed by atoms with Crippen LogP contribution in [0.4, 0.5) is 4.39 Å². The first-order valence-corrected chi connectivity index (χ1v) is 6.87. The minimum atomic E-state index is -0.296. The summed E-state index contributed by atoms with van der Waals surface area (Å²) in [5.41, 5.74) is 3.84. The van der Waals surface area contributed by atoms with Crippen LogP contribution < -0.4 is 0 Å². The Morgan fingerprint density at radius 1 is 1.29 bits per heavy atom. The molecule has 0 amide bonds. The fourth-order valence-corrected chi connectivity index (χ4v) is 2.62. The fourth-order valence-electron chi connectivity index (χ4n) is 2.62. The van der Waals surface area contributed by atoms with Gasteiger partial charge in [-0.2, -0.15) is 0 Å². The van der Waals surface area contributed by atoms with Crippen LogP contribution in [0.15, 0.2) is 36.4 Å². The number of benzene rings is 2. The Labute approximate surface area is 122 Å². The highest BCUT2D eigenvalue weighted by atomic mass is 19.1. The lowest BCUT2D eigenvalue weighted by Gasteiger charge is -2.12. The Morgan fingerprint density at radius 3 is 2.81 bits per heavy atom. The fraction of sp³-hybridized carbons (Fsp3) is 0.176. The van der Waals surface area contributed by atoms with Gasteiger partial charge in [0.05, 0.1) is 16.7 Å². The Bertz CT molecular complexity index is 836. The number of carbonyl (C=O) groups is 1. The van der Waals surface area contributed by atoms with Gasteiger partial charge in [0.15, 0.2) is 0 Å². The molecule has 0 radical (unpaired) electrons. The molecule has 1 heterocycles. The van der Waals surface area contributed by atoms with Crippen LogP contribution in [0.1, 0.15) is 28.7 Å². The summed E-state index contributed by atoms with van der Waals surface area (Å²) < 4.78 is 15.5. The normalized spacial score (nSPS) is 11.0. The third kappa shape index (κ3) is 2.13. The molecule has 0 saturated heterocycles. The zero-order valence-corrected chi connectivity index (χ0v) is 11.9. The number of rotatable bonds is 3. The van der Waals surface area contributed by atoms with E-state index in [0.29, 0.717) is 5.56 Å². The van der Waals surface area contributed by atoms with Gasteiger partial charge < -0.3 is 0 Å². The summed E-state index contributed by atoms with van der Waals surface area (Å²) in [4.78, 5) is 15.7. The summed E-state index contributed by atoms with van der Waals surface area (Å²) >= 11 is 0. The molecule has 1 aromatic heterocycles. The number of hydrogen-bond donors (Lipinski definition) is 0. The number of nitrogens with zero attached hydrogens (tertiary/aromatic N) is 2. The van der Waals surface area contributed by atoms with Crippen LogP contribution in [0.25, 0.3) is 16.7 Å². The Morgan fingerprint density at radius 2 is 2.10 bits per heavy atom. The molecular weight excluding hydrogens is 267 g/mol. The van der Waals surface area contributed by atoms with Crippen molar-refractivity contribution in [3.63, 3.8) is 0 Å². The maximum absolute atomic E-state index is 13.6. The summed E-state index contributed by atoms with van der Waals surface area (Å²) in [6.45, 7) is 3.90. The van der Waals surface area contributed by atoms with Crippen molar-refractivity contribution in [1.82, 2.24) is 9.55 Å². The van der Waals surface area contributed by atoms with Gasteiger partial charge in [0, 0.05) is 18.1 Å². The number of aldehydes is 1. The van der Waals surface area contributed by atoms with E-state index in [1.54, 1.807) is 12.1 Å². The molecule has 2 aromatic carbocycles. The van der Waals surface area contributed by atoms with Crippen molar-refractivity contribution in [1.29, 1.82) is 0 Å². The van der Waals surface area contributed by atoms with E-state index in [4.69, 9.17) is 0 Å². The molecule has 0 unspecified atom stereocenters. The van der Waals surface area contributed by atoms with Gasteiger partial charge in [0.25, 0.3) is 0 Å². The van der Waals surface area contributed by atoms with E-state index < -0.39 is 0 Å². The molecule has 3 nitrogen and oxygen atoms in total. The van der Waals surface area contributed by atoms with Gasteiger partial charge in [-0.3, -0.25) is 9.36 Å². The number of hydrogen-bond acceptors (Lipinski definition) is 2. The third-order valence-electron chi connectivity index (χ3n) is 3.72. The minimum Gasteiger partial charge on any atom is -0.298 e. The molecule has 0 N–H and O–H groups in total. The molecule has 3 rings (SSSR count). The summed E-state index contributed by atoms with van der Waals surface area (Å²) in [6, 6.07) is 10.1. The predicted molar refractivity (Wildman–Crippen MR) is 80.5 cm³/mol. The lowest BCUT2D eigenvalue weighted by atomic mass is 10.1. The van der Waals surface area contributed by atoms with Crippen LogP contribution in [-0.2, 0) is 6.42 Å². The topological polar surface area (TPSA) is 34.9 Å². The summed E-state index contributed by atoms with van der Waals surface area (Å²) in [7, 11) is 0. The molecule has 0 saturated carbocycles. The monoisotopic (exact) mass is 282 g/mol. The van der Waals surface area contributed by atoms with Gasteiger partial charge >= 0.3 is 0 Å². The number of fused-ring (bicyclic) bond motifs is 1. The Kier molecular flexibility index (Phi) is 3.29. The average molecular weight is 282 g/mol. The average Bonchev–Trinajstić information content (AvgIpc) is 2.85. The quantitative estimate of drug-likeness (QED) is 0.684. The lowest BCUT2D eigenvalue weighted by Crippen LogP contribution is -2.04. The van der Waals surface area contributed by atoms with Crippen molar-refractivity contribution in [2.75, 3.05) is 0 Å². The third-order valence-corrected chi connectivity index (χ3v) is 3.72. The first-order chi connectivity index (χ1) is 10.2. The smallest absolute Gasteiger partial charge is 0.150 e. The number of aromatic nitrogens is 2. The highest BCUT2D eigenvalue weighted by Gasteiger charge is 2.14. The highest BCUT2D eigenvalue weighted by Crippen LogP contribution is 2.26. The molecule has 0 atom stereocenters. The molecule has 0 bridgehead atoms. The van der Waals surface area contributed by atoms with Gasteiger partial charge in [-0.1, -0.05) is 19.1 Å². The molecule has 106 valence electrons. The first kappa shape index (κ1) is 13.5. The van der Waals surface area contributed by atoms with Crippen LogP contribution in [0, 0.1) is 12.7 Å². The molecule has 4 heteroatoms. The highest BCUT2D eigenvalue weighted by molar-refractivity contribution is 5.82. The van der Waals surface area contributed by atoms with Gasteiger partial charge in [0.1, 0.15) is 17.9 Å². The molecule has 3 aromatic rings. The second kappa shape index (κ2) is 5.13. The molecule has 0 fully saturated rings. The van der Waals surface area contributed by atoms with Gasteiger partial charge in [-0.15, -0.1) is 0 Å². The molecule has 0 spiro atoms. The number of imidazole rings is 1. The van der Waals surface area contributed by atoms with E-state index in [2.05, 4.69) is 4.98 Å². The Hall–Kier alpha value is -2.49. The van der Waals surface area contributed by atoms with E-state index in [1.165, 1.54) is 12.1 Å². The van der Waals surface area contributed by atoms with Crippen molar-refractivity contribution in [3.05, 3.63) is 59.2 Å². The summed E-state index contributed by atoms with van der Waals surface area (Å²) in [6.07, 6.45) is 1.56. The zero-order valence-electron chi connectivity index (χ0n) is 11.9. The van der Waals surface area contributed by atoms with E-state index in [-0.39, 0.29) is 5.82 Å². The Balaban J connectivity index is 2.38. The van der Waals surface area contributed by atoms with Crippen LogP contribution in [0.5, 0.6) is 0 Å². The SMILES string of the molecule is CCc1nc2ccc(F)cc2n1-c1cccc(C=O)c1C. The second-order valence-electron chi connectivity index (χ2n) is 4.96. The maximum atomic E-state index is 13.6. The molecule has 0 aliphatic heterocycles. The second-order valence-corrected chi connectivity index (χ2v) is 4.96. The largest absolute Gasteiger partial charge is 0.298 e. The van der Waals surface area contributed by atoms with Crippen LogP contribution >= 0.6 is 0 Å². The van der Waals surface area contributed by atoms with Crippen molar-refractivity contribution in [2.24, 2.45) is 0 Å². The van der Waals surface area contributed by atoms with E-state index >= 15 is 0 Å². The van der Waals surface area contributed by atoms with Crippen molar-refractivity contribution < 1.29 is 9.18 Å². The first-order valence-electron chi connectivity index (χ1n) is 6.87. The zero-order chi connectivity index (χ0) is 15.0. The number of aryl methyl sites for hydroxylation is 1. The minimum absolute atomic E-state index is 0.296. The molecular formula is C17H15FN2O. The predicted octanol–water partition coefficient (Wildman–Crippen LogP) is 3.85. The van der Waals surface area contributed by atoms with Crippen molar-refractivity contribution >= 4 is 17.3 Å². The summed E-state index contributed by atoms with van der Waals surface area (Å²) in [5, 5.41) is 0. The van der Waals surface area contributed by atoms with E-state index in [1.807, 2.05) is 30.5 Å². The molecule has 0 aliphatic carbocycles. The number of carbonyl (C=O) groups excluding carboxylic acids is 1. The van der Waals surface area contributed by atoms with Crippen LogP contribution in [0.2, 0.25) is 0 Å². The van der Waals surface area contributed by atoms with Gasteiger partial charge in [-0.25, -0.2) is 9.37 Å². The molecule has 21 heavy (non-hydrogen) atoms. The van der Waals surface area contributed by atoms with Crippen molar-refractivity contribution in [3.8, 4) is 5.69 Å². The van der Waals surface area contributed by atoms with Gasteiger partial charge in [0.2, 0.25) is 0 Å². The van der Waals surface area contributed by atoms with E-state index in [0.717, 1.165) is 40.8 Å². The summed E-state index contributed by atoms with van der Waals surface area (Å²) in [5.74, 6) is 0.553. The molecule has 0 aliphatic rings. The number of halogens is 1. The van der Waals surface area contributed by atoms with Crippen molar-refractivity contribution in [2.45, 2.75) is 20.3 Å². The van der Waals surface area contributed by atoms with Crippen LogP contribution in [0.3, 0.4) is 0 Å². The van der Waals surface area contributed by atoms with Gasteiger partial charge in [-0.05, 0) is 30.7 Å². The van der Waals surface area contributed by atoms with Crippen LogP contribution in [-0.4, -0.2) is 15.8 Å².